The zero-order valence-corrected chi connectivity index (χ0v) is 24.1. The Hall–Kier alpha value is -3.32. The number of carbonyl (C=O) groups excluding carboxylic acids is 1. The van der Waals surface area contributed by atoms with Crippen LogP contribution in [0.25, 0.3) is 0 Å². The van der Waals surface area contributed by atoms with E-state index in [-0.39, 0.29) is 10.8 Å². The number of hydrogen-bond donors (Lipinski definition) is 2. The summed E-state index contributed by atoms with van der Waals surface area (Å²) >= 11 is 0. The molecule has 1 saturated heterocycles. The van der Waals surface area contributed by atoms with Gasteiger partial charge < -0.3 is 10.2 Å². The number of hydrogen-bond acceptors (Lipinski definition) is 4. The Labute approximate surface area is 227 Å². The van der Waals surface area contributed by atoms with Crippen molar-refractivity contribution in [2.45, 2.75) is 59.3 Å². The maximum Gasteiger partial charge on any atom is 0.262 e. The summed E-state index contributed by atoms with van der Waals surface area (Å²) in [6.45, 7) is 13.8. The standard InChI is InChI=1S/C31H39N3O3S/c1-7-25-8-11-27(12-9-25)32-31(35)26-10-13-29(34-18-21(3)14-22(4)19-34)28(17-26)33-38(36,37)30-23(5)15-20(2)16-24(30)6/h8-13,15-17,21-22,33H,7,14,18-19H2,1-6H3,(H,32,35)/t21-,22-/m0/s1. The minimum atomic E-state index is -3.90. The van der Waals surface area contributed by atoms with Gasteiger partial charge in [-0.3, -0.25) is 9.52 Å². The smallest absolute Gasteiger partial charge is 0.262 e. The third-order valence-electron chi connectivity index (χ3n) is 7.21. The molecule has 2 atom stereocenters. The molecule has 1 amide bonds. The van der Waals surface area contributed by atoms with Gasteiger partial charge in [-0.25, -0.2) is 8.42 Å². The Balaban J connectivity index is 1.72. The number of anilines is 3. The summed E-state index contributed by atoms with van der Waals surface area (Å²) in [6, 6.07) is 16.8. The van der Waals surface area contributed by atoms with Gasteiger partial charge in [0.05, 0.1) is 16.3 Å². The van der Waals surface area contributed by atoms with E-state index in [2.05, 4.69) is 35.7 Å². The number of nitrogens with zero attached hydrogens (tertiary/aromatic N) is 1. The summed E-state index contributed by atoms with van der Waals surface area (Å²) < 4.78 is 30.3. The van der Waals surface area contributed by atoms with E-state index in [0.717, 1.165) is 37.2 Å². The number of piperidine rings is 1. The number of rotatable bonds is 7. The summed E-state index contributed by atoms with van der Waals surface area (Å²) in [5.74, 6) is 0.682. The quantitative estimate of drug-likeness (QED) is 0.354. The van der Waals surface area contributed by atoms with Crippen LogP contribution >= 0.6 is 0 Å². The van der Waals surface area contributed by atoms with Gasteiger partial charge >= 0.3 is 0 Å². The number of nitrogens with one attached hydrogen (secondary N) is 2. The molecule has 0 unspecified atom stereocenters. The maximum atomic E-state index is 13.7. The predicted octanol–water partition coefficient (Wildman–Crippen LogP) is 6.71. The van der Waals surface area contributed by atoms with Gasteiger partial charge in [0, 0.05) is 24.3 Å². The zero-order valence-electron chi connectivity index (χ0n) is 23.3. The van der Waals surface area contributed by atoms with Crippen molar-refractivity contribution in [3.63, 3.8) is 0 Å². The monoisotopic (exact) mass is 533 g/mol. The van der Waals surface area contributed by atoms with E-state index in [0.29, 0.717) is 39.9 Å². The minimum absolute atomic E-state index is 0.278. The first-order valence-electron chi connectivity index (χ1n) is 13.4. The molecule has 0 bridgehead atoms. The van der Waals surface area contributed by atoms with E-state index in [4.69, 9.17) is 0 Å². The molecule has 3 aromatic carbocycles. The molecule has 38 heavy (non-hydrogen) atoms. The van der Waals surface area contributed by atoms with Gasteiger partial charge in [0.15, 0.2) is 0 Å². The number of sulfonamides is 1. The van der Waals surface area contributed by atoms with Gasteiger partial charge in [-0.1, -0.05) is 50.6 Å². The fourth-order valence-corrected chi connectivity index (χ4v) is 7.23. The number of aryl methyl sites for hydroxylation is 4. The highest BCUT2D eigenvalue weighted by Gasteiger charge is 2.27. The Bertz CT molecular complexity index is 1400. The summed E-state index contributed by atoms with van der Waals surface area (Å²) in [5.41, 5.74) is 5.89. The molecule has 1 aliphatic heterocycles. The Kier molecular flexibility index (Phi) is 8.16. The maximum absolute atomic E-state index is 13.7. The molecular weight excluding hydrogens is 494 g/mol. The second kappa shape index (κ2) is 11.2. The average molecular weight is 534 g/mol. The fourth-order valence-electron chi connectivity index (χ4n) is 5.71. The van der Waals surface area contributed by atoms with Crippen molar-refractivity contribution in [2.75, 3.05) is 28.0 Å². The summed E-state index contributed by atoms with van der Waals surface area (Å²) in [4.78, 5) is 15.7. The summed E-state index contributed by atoms with van der Waals surface area (Å²) in [5, 5.41) is 2.94. The van der Waals surface area contributed by atoms with E-state index in [1.54, 1.807) is 12.1 Å². The van der Waals surface area contributed by atoms with Gasteiger partial charge in [-0.2, -0.15) is 0 Å². The highest BCUT2D eigenvalue weighted by molar-refractivity contribution is 7.92. The van der Waals surface area contributed by atoms with E-state index in [1.807, 2.05) is 63.2 Å². The Morgan fingerprint density at radius 2 is 1.53 bits per heavy atom. The van der Waals surface area contributed by atoms with Crippen LogP contribution in [-0.4, -0.2) is 27.4 Å². The Morgan fingerprint density at radius 3 is 2.11 bits per heavy atom. The largest absolute Gasteiger partial charge is 0.369 e. The van der Waals surface area contributed by atoms with Crippen molar-refractivity contribution in [1.82, 2.24) is 0 Å². The van der Waals surface area contributed by atoms with Crippen molar-refractivity contribution in [2.24, 2.45) is 11.8 Å². The second-order valence-electron chi connectivity index (χ2n) is 10.9. The van der Waals surface area contributed by atoms with E-state index in [1.165, 1.54) is 5.56 Å². The van der Waals surface area contributed by atoms with Crippen molar-refractivity contribution in [3.8, 4) is 0 Å². The molecule has 4 rings (SSSR count). The first kappa shape index (κ1) is 27.7. The molecule has 7 heteroatoms. The molecular formula is C31H39N3O3S. The topological polar surface area (TPSA) is 78.5 Å². The van der Waals surface area contributed by atoms with Gasteiger partial charge in [-0.05, 0) is 92.5 Å². The molecule has 3 aromatic rings. The zero-order chi connectivity index (χ0) is 27.6. The molecule has 0 aliphatic carbocycles. The predicted molar refractivity (Wildman–Crippen MR) is 157 cm³/mol. The number of amides is 1. The lowest BCUT2D eigenvalue weighted by Gasteiger charge is -2.37. The van der Waals surface area contributed by atoms with Crippen LogP contribution in [0.1, 0.15) is 59.8 Å². The first-order valence-corrected chi connectivity index (χ1v) is 14.8. The van der Waals surface area contributed by atoms with E-state index >= 15 is 0 Å². The molecule has 6 nitrogen and oxygen atoms in total. The highest BCUT2D eigenvalue weighted by atomic mass is 32.2. The SMILES string of the molecule is CCc1ccc(NC(=O)c2ccc(N3C[C@@H](C)C[C@H](C)C3)c(NS(=O)(=O)c3c(C)cc(C)cc3C)c2)cc1. The molecule has 1 aliphatic rings. The normalized spacial score (nSPS) is 17.8. The van der Waals surface area contributed by atoms with Gasteiger partial charge in [0.1, 0.15) is 0 Å². The van der Waals surface area contributed by atoms with E-state index in [9.17, 15) is 13.2 Å². The lowest BCUT2D eigenvalue weighted by atomic mass is 9.91. The van der Waals surface area contributed by atoms with Crippen molar-refractivity contribution in [3.05, 3.63) is 82.4 Å². The summed E-state index contributed by atoms with van der Waals surface area (Å²) in [6.07, 6.45) is 2.06. The lowest BCUT2D eigenvalue weighted by Crippen LogP contribution is -2.39. The minimum Gasteiger partial charge on any atom is -0.369 e. The number of carbonyl (C=O) groups is 1. The first-order chi connectivity index (χ1) is 18.0. The highest BCUT2D eigenvalue weighted by Crippen LogP contribution is 2.35. The van der Waals surface area contributed by atoms with E-state index < -0.39 is 10.0 Å². The van der Waals surface area contributed by atoms with Crippen molar-refractivity contribution in [1.29, 1.82) is 0 Å². The molecule has 0 aromatic heterocycles. The van der Waals surface area contributed by atoms with Crippen LogP contribution in [0.4, 0.5) is 17.1 Å². The Morgan fingerprint density at radius 1 is 0.921 bits per heavy atom. The molecule has 0 saturated carbocycles. The molecule has 2 N–H and O–H groups in total. The van der Waals surface area contributed by atoms with Crippen LogP contribution in [0.3, 0.4) is 0 Å². The lowest BCUT2D eigenvalue weighted by molar-refractivity contribution is 0.102. The van der Waals surface area contributed by atoms with Gasteiger partial charge in [-0.15, -0.1) is 0 Å². The number of benzene rings is 3. The van der Waals surface area contributed by atoms with Crippen LogP contribution < -0.4 is 14.9 Å². The van der Waals surface area contributed by atoms with Crippen molar-refractivity contribution < 1.29 is 13.2 Å². The second-order valence-corrected chi connectivity index (χ2v) is 12.5. The fraction of sp³-hybridized carbons (Fsp3) is 0.387. The molecule has 1 heterocycles. The van der Waals surface area contributed by atoms with Crippen molar-refractivity contribution >= 4 is 33.0 Å². The molecule has 1 fully saturated rings. The average Bonchev–Trinajstić information content (AvgIpc) is 2.82. The molecule has 0 spiro atoms. The van der Waals surface area contributed by atoms with Crippen LogP contribution in [-0.2, 0) is 16.4 Å². The third kappa shape index (κ3) is 6.21. The van der Waals surface area contributed by atoms with Gasteiger partial charge in [0.25, 0.3) is 15.9 Å². The third-order valence-corrected chi connectivity index (χ3v) is 8.88. The summed E-state index contributed by atoms with van der Waals surface area (Å²) in [7, 11) is -3.90. The van der Waals surface area contributed by atoms with Crippen LogP contribution in [0.15, 0.2) is 59.5 Å². The van der Waals surface area contributed by atoms with Gasteiger partial charge in [0.2, 0.25) is 0 Å². The van der Waals surface area contributed by atoms with Crippen LogP contribution in [0, 0.1) is 32.6 Å². The van der Waals surface area contributed by atoms with Crippen LogP contribution in [0.2, 0.25) is 0 Å². The van der Waals surface area contributed by atoms with Crippen LogP contribution in [0.5, 0.6) is 0 Å². The molecule has 0 radical (unpaired) electrons. The molecule has 202 valence electrons.